The Morgan fingerprint density at radius 2 is 1.78 bits per heavy atom. The van der Waals surface area contributed by atoms with E-state index in [0.717, 1.165) is 25.7 Å². The summed E-state index contributed by atoms with van der Waals surface area (Å²) in [5.41, 5.74) is 0. The van der Waals surface area contributed by atoms with Gasteiger partial charge < -0.3 is 15.4 Å². The number of carbonyl (C=O) groups is 1. The third-order valence-electron chi connectivity index (χ3n) is 2.91. The van der Waals surface area contributed by atoms with Crippen LogP contribution >= 0.6 is 0 Å². The van der Waals surface area contributed by atoms with Gasteiger partial charge >= 0.3 is 12.1 Å². The van der Waals surface area contributed by atoms with Crippen molar-refractivity contribution in [2.45, 2.75) is 58.5 Å². The molecule has 136 valence electrons. The lowest BCUT2D eigenvalue weighted by atomic mass is 10.1. The van der Waals surface area contributed by atoms with Gasteiger partial charge in [0.1, 0.15) is 0 Å². The summed E-state index contributed by atoms with van der Waals surface area (Å²) < 4.78 is 41.1. The zero-order valence-electron chi connectivity index (χ0n) is 14.0. The number of rotatable bonds is 11. The summed E-state index contributed by atoms with van der Waals surface area (Å²) in [6, 6.07) is 0. The number of aliphatic imine (C=N–C) groups is 1. The van der Waals surface area contributed by atoms with Gasteiger partial charge in [-0.2, -0.15) is 13.2 Å². The van der Waals surface area contributed by atoms with Crippen molar-refractivity contribution in [2.24, 2.45) is 4.99 Å². The third-order valence-corrected chi connectivity index (χ3v) is 2.91. The van der Waals surface area contributed by atoms with Gasteiger partial charge in [0.05, 0.1) is 13.0 Å². The molecule has 0 amide bonds. The molecular weight excluding hydrogens is 311 g/mol. The predicted octanol–water partition coefficient (Wildman–Crippen LogP) is 3.01. The minimum Gasteiger partial charge on any atom is -0.466 e. The molecule has 0 bridgehead atoms. The van der Waals surface area contributed by atoms with Gasteiger partial charge in [0.15, 0.2) is 5.96 Å². The maximum Gasteiger partial charge on any atom is 0.390 e. The largest absolute Gasteiger partial charge is 0.466 e. The summed E-state index contributed by atoms with van der Waals surface area (Å²) in [6.45, 7) is 4.99. The number of guanidine groups is 1. The van der Waals surface area contributed by atoms with Gasteiger partial charge in [0.2, 0.25) is 0 Å². The normalized spacial score (nSPS) is 12.1. The first kappa shape index (κ1) is 21.5. The summed E-state index contributed by atoms with van der Waals surface area (Å²) in [5.74, 6) is 0.233. The highest BCUT2D eigenvalue weighted by atomic mass is 19.4. The van der Waals surface area contributed by atoms with Gasteiger partial charge in [-0.15, -0.1) is 0 Å². The molecule has 0 aromatic heterocycles. The van der Waals surface area contributed by atoms with E-state index in [-0.39, 0.29) is 12.5 Å². The van der Waals surface area contributed by atoms with Crippen molar-refractivity contribution in [1.82, 2.24) is 10.6 Å². The number of nitrogens with zero attached hydrogens (tertiary/aromatic N) is 1. The predicted molar refractivity (Wildman–Crippen MR) is 84.4 cm³/mol. The van der Waals surface area contributed by atoms with Crippen LogP contribution in [0.2, 0.25) is 0 Å². The molecule has 0 unspecified atom stereocenters. The molecule has 0 saturated carbocycles. The maximum absolute atomic E-state index is 12.1. The first-order chi connectivity index (χ1) is 10.9. The van der Waals surface area contributed by atoms with E-state index in [1.807, 2.05) is 6.92 Å². The number of ether oxygens (including phenoxy) is 1. The van der Waals surface area contributed by atoms with Gasteiger partial charge in [0, 0.05) is 26.1 Å². The molecule has 0 heterocycles. The monoisotopic (exact) mass is 339 g/mol. The molecule has 0 aliphatic rings. The molecule has 5 nitrogen and oxygen atoms in total. The molecule has 0 aromatic carbocycles. The number of alkyl halides is 3. The fourth-order valence-corrected chi connectivity index (χ4v) is 1.82. The lowest BCUT2D eigenvalue weighted by Crippen LogP contribution is -2.39. The highest BCUT2D eigenvalue weighted by Crippen LogP contribution is 2.18. The molecule has 0 aliphatic heterocycles. The molecule has 23 heavy (non-hydrogen) atoms. The van der Waals surface area contributed by atoms with E-state index in [4.69, 9.17) is 4.74 Å². The Morgan fingerprint density at radius 1 is 1.09 bits per heavy atom. The van der Waals surface area contributed by atoms with Crippen molar-refractivity contribution >= 4 is 11.9 Å². The highest BCUT2D eigenvalue weighted by Gasteiger charge is 2.26. The van der Waals surface area contributed by atoms with E-state index in [1.54, 1.807) is 6.92 Å². The van der Waals surface area contributed by atoms with Crippen LogP contribution in [-0.2, 0) is 9.53 Å². The first-order valence-electron chi connectivity index (χ1n) is 8.13. The van der Waals surface area contributed by atoms with Crippen LogP contribution in [0, 0.1) is 0 Å². The molecule has 0 spiro atoms. The fraction of sp³-hybridized carbons (Fsp3) is 0.867. The molecule has 0 radical (unpaired) electrons. The fourth-order valence-electron chi connectivity index (χ4n) is 1.82. The second-order valence-electron chi connectivity index (χ2n) is 5.02. The van der Waals surface area contributed by atoms with Crippen LogP contribution in [0.4, 0.5) is 13.2 Å². The van der Waals surface area contributed by atoms with E-state index in [2.05, 4.69) is 15.6 Å². The van der Waals surface area contributed by atoms with Crippen molar-refractivity contribution in [3.8, 4) is 0 Å². The van der Waals surface area contributed by atoms with Crippen LogP contribution in [0.1, 0.15) is 52.4 Å². The van der Waals surface area contributed by atoms with Crippen LogP contribution in [0.3, 0.4) is 0 Å². The first-order valence-corrected chi connectivity index (χ1v) is 8.13. The van der Waals surface area contributed by atoms with Crippen LogP contribution in [0.5, 0.6) is 0 Å². The number of hydrogen-bond acceptors (Lipinski definition) is 3. The Kier molecular flexibility index (Phi) is 12.2. The molecule has 0 fully saturated rings. The topological polar surface area (TPSA) is 62.7 Å². The number of esters is 1. The van der Waals surface area contributed by atoms with E-state index in [1.165, 1.54) is 0 Å². The summed E-state index contributed by atoms with van der Waals surface area (Å²) >= 11 is 0. The quantitative estimate of drug-likeness (QED) is 0.263. The van der Waals surface area contributed by atoms with Crippen LogP contribution in [0.15, 0.2) is 4.99 Å². The summed E-state index contributed by atoms with van der Waals surface area (Å²) in [5, 5.41) is 5.58. The SMILES string of the molecule is CCNC(=NCCCCCCC(=O)OCC)NCCC(F)(F)F. The minimum atomic E-state index is -4.16. The zero-order chi connectivity index (χ0) is 17.6. The Bertz CT molecular complexity index is 347. The average molecular weight is 339 g/mol. The Morgan fingerprint density at radius 3 is 2.39 bits per heavy atom. The lowest BCUT2D eigenvalue weighted by molar-refractivity contribution is -0.143. The molecule has 0 aliphatic carbocycles. The average Bonchev–Trinajstić information content (AvgIpc) is 2.45. The lowest BCUT2D eigenvalue weighted by Gasteiger charge is -2.12. The number of halogens is 3. The van der Waals surface area contributed by atoms with Gasteiger partial charge in [-0.05, 0) is 26.7 Å². The van der Waals surface area contributed by atoms with Gasteiger partial charge in [0.25, 0.3) is 0 Å². The zero-order valence-corrected chi connectivity index (χ0v) is 14.0. The third kappa shape index (κ3) is 15.2. The Balaban J connectivity index is 3.79. The maximum atomic E-state index is 12.1. The number of nitrogens with one attached hydrogen (secondary N) is 2. The second-order valence-corrected chi connectivity index (χ2v) is 5.02. The van der Waals surface area contributed by atoms with E-state index in [9.17, 15) is 18.0 Å². The van der Waals surface area contributed by atoms with Crippen molar-refractivity contribution in [1.29, 1.82) is 0 Å². The summed E-state index contributed by atoms with van der Waals surface area (Å²) in [6.07, 6.45) is -1.17. The molecule has 2 N–H and O–H groups in total. The van der Waals surface area contributed by atoms with Crippen molar-refractivity contribution in [3.63, 3.8) is 0 Å². The standard InChI is InChI=1S/C15H28F3N3O2/c1-3-19-14(21-12-10-15(16,17)18)20-11-8-6-5-7-9-13(22)23-4-2/h3-12H2,1-2H3,(H2,19,20,21). The molecule has 0 aromatic rings. The molecule has 8 heteroatoms. The van der Waals surface area contributed by atoms with Gasteiger partial charge in [-0.1, -0.05) is 12.8 Å². The van der Waals surface area contributed by atoms with Crippen molar-refractivity contribution < 1.29 is 22.7 Å². The van der Waals surface area contributed by atoms with E-state index in [0.29, 0.717) is 32.1 Å². The number of carbonyl (C=O) groups excluding carboxylic acids is 1. The molecule has 0 rings (SSSR count). The molecule has 0 atom stereocenters. The summed E-state index contributed by atoms with van der Waals surface area (Å²) in [7, 11) is 0. The minimum absolute atomic E-state index is 0.172. The Labute approximate surface area is 136 Å². The van der Waals surface area contributed by atoms with Crippen LogP contribution < -0.4 is 10.6 Å². The van der Waals surface area contributed by atoms with Crippen molar-refractivity contribution in [2.75, 3.05) is 26.2 Å². The van der Waals surface area contributed by atoms with Crippen LogP contribution in [0.25, 0.3) is 0 Å². The summed E-state index contributed by atoms with van der Waals surface area (Å²) in [4.78, 5) is 15.4. The van der Waals surface area contributed by atoms with Gasteiger partial charge in [-0.3, -0.25) is 9.79 Å². The highest BCUT2D eigenvalue weighted by molar-refractivity contribution is 5.79. The van der Waals surface area contributed by atoms with E-state index < -0.39 is 12.6 Å². The van der Waals surface area contributed by atoms with Crippen LogP contribution in [-0.4, -0.2) is 44.3 Å². The van der Waals surface area contributed by atoms with Gasteiger partial charge in [-0.25, -0.2) is 0 Å². The van der Waals surface area contributed by atoms with E-state index >= 15 is 0 Å². The molecular formula is C15H28F3N3O2. The number of unbranched alkanes of at least 4 members (excludes halogenated alkanes) is 3. The second kappa shape index (κ2) is 13.0. The smallest absolute Gasteiger partial charge is 0.390 e. The Hall–Kier alpha value is -1.47. The number of hydrogen-bond donors (Lipinski definition) is 2. The van der Waals surface area contributed by atoms with Crippen molar-refractivity contribution in [3.05, 3.63) is 0 Å². The molecule has 0 saturated heterocycles.